The molecule has 5 rings (SSSR count). The fourth-order valence-electron chi connectivity index (χ4n) is 4.87. The highest BCUT2D eigenvalue weighted by Gasteiger charge is 2.26. The molecule has 0 aliphatic carbocycles. The van der Waals surface area contributed by atoms with Crippen LogP contribution >= 0.6 is 34.8 Å². The lowest BCUT2D eigenvalue weighted by Crippen LogP contribution is -2.33. The van der Waals surface area contributed by atoms with Gasteiger partial charge in [0, 0.05) is 22.3 Å². The van der Waals surface area contributed by atoms with Gasteiger partial charge in [-0.3, -0.25) is 0 Å². The summed E-state index contributed by atoms with van der Waals surface area (Å²) < 4.78 is 35.3. The fraction of sp³-hybridized carbons (Fsp3) is 0.219. The number of alkyl carbamates (subject to hydrolysis) is 1. The molecule has 0 fully saturated rings. The van der Waals surface area contributed by atoms with E-state index >= 15 is 0 Å². The van der Waals surface area contributed by atoms with Crippen molar-refractivity contribution in [2.45, 2.75) is 44.6 Å². The quantitative estimate of drug-likeness (QED) is 0.200. The van der Waals surface area contributed by atoms with E-state index in [9.17, 15) is 13.2 Å². The van der Waals surface area contributed by atoms with Crippen molar-refractivity contribution in [1.82, 2.24) is 9.29 Å². The molecule has 0 spiro atoms. The molecule has 1 heterocycles. The van der Waals surface area contributed by atoms with Crippen LogP contribution in [0.4, 0.5) is 4.79 Å². The Balaban J connectivity index is 1.76. The maximum atomic E-state index is 14.3. The monoisotopic (exact) mass is 642 g/mol. The van der Waals surface area contributed by atoms with E-state index in [1.807, 2.05) is 25.1 Å². The summed E-state index contributed by atoms with van der Waals surface area (Å²) in [6, 6.07) is 21.1. The molecule has 0 aliphatic rings. The van der Waals surface area contributed by atoms with Gasteiger partial charge in [0.1, 0.15) is 5.60 Å². The van der Waals surface area contributed by atoms with Crippen LogP contribution in [-0.4, -0.2) is 30.6 Å². The molecule has 0 saturated heterocycles. The molecule has 5 aromatic rings. The summed E-state index contributed by atoms with van der Waals surface area (Å²) in [5.74, 6) is 0. The molecule has 0 atom stereocenters. The molecule has 1 amide bonds. The first-order valence-corrected chi connectivity index (χ1v) is 15.8. The third kappa shape index (κ3) is 6.11. The third-order valence-corrected chi connectivity index (χ3v) is 9.44. The lowest BCUT2D eigenvalue weighted by atomic mass is 9.98. The van der Waals surface area contributed by atoms with E-state index in [2.05, 4.69) is 5.32 Å². The lowest BCUT2D eigenvalue weighted by Gasteiger charge is -2.20. The number of hydrogen-bond donors (Lipinski definition) is 1. The van der Waals surface area contributed by atoms with Gasteiger partial charge in [0.2, 0.25) is 0 Å². The van der Waals surface area contributed by atoms with Crippen molar-refractivity contribution >= 4 is 72.7 Å². The minimum atomic E-state index is -4.03. The first-order chi connectivity index (χ1) is 19.7. The van der Waals surface area contributed by atoms with Gasteiger partial charge in [-0.05, 0) is 105 Å². The molecule has 6 nitrogen and oxygen atoms in total. The average Bonchev–Trinajstić information content (AvgIpc) is 3.24. The number of aromatic nitrogens is 1. The van der Waals surface area contributed by atoms with Crippen molar-refractivity contribution in [2.24, 2.45) is 0 Å². The molecule has 0 saturated carbocycles. The minimum Gasteiger partial charge on any atom is -0.444 e. The zero-order chi connectivity index (χ0) is 30.4. The maximum absolute atomic E-state index is 14.3. The number of fused-ring (bicyclic) bond motifs is 3. The van der Waals surface area contributed by atoms with E-state index in [1.54, 1.807) is 75.4 Å². The highest BCUT2D eigenvalue weighted by atomic mass is 35.5. The topological polar surface area (TPSA) is 77.4 Å². The highest BCUT2D eigenvalue weighted by molar-refractivity contribution is 7.90. The number of aryl methyl sites for hydroxylation is 1. The molecule has 0 aliphatic heterocycles. The molecule has 0 unspecified atom stereocenters. The molecule has 42 heavy (non-hydrogen) atoms. The van der Waals surface area contributed by atoms with Crippen LogP contribution in [0.5, 0.6) is 0 Å². The van der Waals surface area contributed by atoms with Gasteiger partial charge in [-0.15, -0.1) is 0 Å². The van der Waals surface area contributed by atoms with Crippen molar-refractivity contribution in [3.05, 3.63) is 99.0 Å². The minimum absolute atomic E-state index is 0.160. The number of nitrogens with zero attached hydrogens (tertiary/aromatic N) is 1. The second kappa shape index (κ2) is 11.5. The van der Waals surface area contributed by atoms with E-state index in [1.165, 1.54) is 3.97 Å². The molecule has 1 aromatic heterocycles. The Labute approximate surface area is 260 Å². The van der Waals surface area contributed by atoms with Crippen LogP contribution in [0, 0.1) is 6.92 Å². The molecule has 4 aromatic carbocycles. The van der Waals surface area contributed by atoms with Gasteiger partial charge in [-0.25, -0.2) is 17.2 Å². The Kier molecular flexibility index (Phi) is 8.25. The number of carbonyl (C=O) groups excluding carboxylic acids is 1. The Hall–Kier alpha value is -3.23. The summed E-state index contributed by atoms with van der Waals surface area (Å²) in [6.07, 6.45) is -0.239. The van der Waals surface area contributed by atoms with E-state index in [4.69, 9.17) is 39.5 Å². The largest absolute Gasteiger partial charge is 0.444 e. The maximum Gasteiger partial charge on any atom is 0.407 e. The van der Waals surface area contributed by atoms with Crippen LogP contribution in [-0.2, 0) is 21.2 Å². The highest BCUT2D eigenvalue weighted by Crippen LogP contribution is 2.39. The first-order valence-electron chi connectivity index (χ1n) is 13.3. The van der Waals surface area contributed by atoms with E-state index < -0.39 is 21.7 Å². The number of halogens is 3. The summed E-state index contributed by atoms with van der Waals surface area (Å²) >= 11 is 19.0. The second-order valence-corrected chi connectivity index (χ2v) is 14.1. The van der Waals surface area contributed by atoms with Crippen LogP contribution in [0.25, 0.3) is 32.9 Å². The Bertz CT molecular complexity index is 1940. The third-order valence-electron chi connectivity index (χ3n) is 6.73. The number of nitrogens with one attached hydrogen (secondary N) is 1. The number of hydrogen-bond acceptors (Lipinski definition) is 4. The number of rotatable bonds is 6. The standard InChI is InChI=1S/C32H29Cl3N2O4S/c1-19-5-9-24(10-6-19)42(39,40)37-29-12-8-23(33)18-25(29)26-16-22(20-7-11-27(34)28(35)17-20)15-21(30(26)37)13-14-36-31(38)41-32(2,3)4/h5-12,15-18H,13-14H2,1-4H3,(H,36,38). The summed E-state index contributed by atoms with van der Waals surface area (Å²) in [5.41, 5.74) is 3.59. The predicted molar refractivity (Wildman–Crippen MR) is 172 cm³/mol. The first kappa shape index (κ1) is 30.2. The van der Waals surface area contributed by atoms with Crippen LogP contribution < -0.4 is 5.32 Å². The van der Waals surface area contributed by atoms with Crippen molar-refractivity contribution in [3.8, 4) is 11.1 Å². The summed E-state index contributed by atoms with van der Waals surface area (Å²) in [6.45, 7) is 7.48. The smallest absolute Gasteiger partial charge is 0.407 e. The predicted octanol–water partition coefficient (Wildman–Crippen LogP) is 9.03. The van der Waals surface area contributed by atoms with Gasteiger partial charge in [0.15, 0.2) is 0 Å². The van der Waals surface area contributed by atoms with E-state index in [0.717, 1.165) is 16.7 Å². The van der Waals surface area contributed by atoms with Gasteiger partial charge in [0.05, 0.1) is 26.0 Å². The Morgan fingerprint density at radius 2 is 1.57 bits per heavy atom. The van der Waals surface area contributed by atoms with Gasteiger partial charge in [-0.1, -0.05) is 58.6 Å². The summed E-state index contributed by atoms with van der Waals surface area (Å²) in [7, 11) is -4.03. The number of carbonyl (C=O) groups is 1. The molecule has 0 bridgehead atoms. The van der Waals surface area contributed by atoms with Crippen LogP contribution in [0.2, 0.25) is 15.1 Å². The van der Waals surface area contributed by atoms with Gasteiger partial charge < -0.3 is 10.1 Å². The molecule has 1 N–H and O–H groups in total. The van der Waals surface area contributed by atoms with Gasteiger partial charge in [-0.2, -0.15) is 0 Å². The molecule has 10 heteroatoms. The summed E-state index contributed by atoms with van der Waals surface area (Å²) in [5, 5.41) is 5.46. The molecular formula is C32H29Cl3N2O4S. The van der Waals surface area contributed by atoms with Crippen molar-refractivity contribution < 1.29 is 17.9 Å². The normalized spacial score (nSPS) is 12.2. The Morgan fingerprint density at radius 1 is 0.857 bits per heavy atom. The zero-order valence-corrected chi connectivity index (χ0v) is 26.5. The van der Waals surface area contributed by atoms with Crippen LogP contribution in [0.1, 0.15) is 31.9 Å². The fourth-order valence-corrected chi connectivity index (χ4v) is 6.91. The number of amides is 1. The van der Waals surface area contributed by atoms with Gasteiger partial charge >= 0.3 is 6.09 Å². The van der Waals surface area contributed by atoms with Gasteiger partial charge in [0.25, 0.3) is 10.0 Å². The van der Waals surface area contributed by atoms with Crippen molar-refractivity contribution in [2.75, 3.05) is 6.54 Å². The van der Waals surface area contributed by atoms with Crippen molar-refractivity contribution in [3.63, 3.8) is 0 Å². The average molecular weight is 644 g/mol. The van der Waals surface area contributed by atoms with Crippen LogP contribution in [0.15, 0.2) is 77.7 Å². The number of benzene rings is 4. The SMILES string of the molecule is Cc1ccc(S(=O)(=O)n2c3ccc(Cl)cc3c3cc(-c4ccc(Cl)c(Cl)c4)cc(CCNC(=O)OC(C)(C)C)c32)cc1. The second-order valence-electron chi connectivity index (χ2n) is 11.1. The summed E-state index contributed by atoms with van der Waals surface area (Å²) in [4.78, 5) is 12.6. The van der Waals surface area contributed by atoms with Crippen LogP contribution in [0.3, 0.4) is 0 Å². The number of ether oxygens (including phenoxy) is 1. The molecular weight excluding hydrogens is 615 g/mol. The van der Waals surface area contributed by atoms with E-state index in [-0.39, 0.29) is 11.4 Å². The van der Waals surface area contributed by atoms with Crippen molar-refractivity contribution in [1.29, 1.82) is 0 Å². The zero-order valence-electron chi connectivity index (χ0n) is 23.5. The Morgan fingerprint density at radius 3 is 2.24 bits per heavy atom. The molecule has 218 valence electrons. The molecule has 0 radical (unpaired) electrons. The lowest BCUT2D eigenvalue weighted by molar-refractivity contribution is 0.0528. The van der Waals surface area contributed by atoms with E-state index in [0.29, 0.717) is 48.9 Å².